The number of benzene rings is 1. The number of nitrogens with one attached hydrogen (secondary N) is 1. The van der Waals surface area contributed by atoms with E-state index in [0.717, 1.165) is 23.6 Å². The van der Waals surface area contributed by atoms with Crippen molar-refractivity contribution in [2.24, 2.45) is 0 Å². The number of aromatic nitrogens is 2. The van der Waals surface area contributed by atoms with Crippen LogP contribution in [-0.4, -0.2) is 60.4 Å². The predicted molar refractivity (Wildman–Crippen MR) is 122 cm³/mol. The molecular weight excluding hydrogens is 394 g/mol. The van der Waals surface area contributed by atoms with Crippen LogP contribution in [0.4, 0.5) is 11.5 Å². The van der Waals surface area contributed by atoms with E-state index in [1.807, 2.05) is 47.4 Å². The Morgan fingerprint density at radius 3 is 2.58 bits per heavy atom. The number of nitrogens with zero attached hydrogens (tertiary/aromatic N) is 4. The Kier molecular flexibility index (Phi) is 6.79. The molecule has 0 aliphatic carbocycles. The van der Waals surface area contributed by atoms with Gasteiger partial charge in [0.1, 0.15) is 17.2 Å². The average Bonchev–Trinajstić information content (AvgIpc) is 3.14. The molecule has 2 aromatic heterocycles. The Morgan fingerprint density at radius 2 is 1.94 bits per heavy atom. The molecule has 3 aromatic rings. The molecule has 0 unspecified atom stereocenters. The summed E-state index contributed by atoms with van der Waals surface area (Å²) < 4.78 is 7.11. The van der Waals surface area contributed by atoms with Crippen molar-refractivity contribution < 1.29 is 14.3 Å². The minimum absolute atomic E-state index is 0.00535. The second-order valence-electron chi connectivity index (χ2n) is 7.37. The number of fused-ring (bicyclic) bond motifs is 1. The van der Waals surface area contributed by atoms with Gasteiger partial charge in [0.15, 0.2) is 0 Å². The predicted octanol–water partition coefficient (Wildman–Crippen LogP) is 3.07. The molecule has 0 radical (unpaired) electrons. The first-order valence-corrected chi connectivity index (χ1v) is 10.3. The van der Waals surface area contributed by atoms with E-state index in [4.69, 9.17) is 9.72 Å². The summed E-state index contributed by atoms with van der Waals surface area (Å²) in [6, 6.07) is 10.8. The molecule has 0 spiro atoms. The molecule has 1 N–H and O–H groups in total. The number of aryl methyl sites for hydroxylation is 1. The van der Waals surface area contributed by atoms with E-state index in [9.17, 15) is 9.59 Å². The van der Waals surface area contributed by atoms with Crippen molar-refractivity contribution in [3.63, 3.8) is 0 Å². The third-order valence-corrected chi connectivity index (χ3v) is 5.09. The van der Waals surface area contributed by atoms with Crippen molar-refractivity contribution in [1.29, 1.82) is 0 Å². The van der Waals surface area contributed by atoms with Crippen molar-refractivity contribution in [3.8, 4) is 5.75 Å². The molecule has 31 heavy (non-hydrogen) atoms. The van der Waals surface area contributed by atoms with Crippen LogP contribution in [0.1, 0.15) is 29.9 Å². The Labute approximate surface area is 182 Å². The Hall–Kier alpha value is -3.55. The summed E-state index contributed by atoms with van der Waals surface area (Å²) in [5, 5.41) is 2.90. The van der Waals surface area contributed by atoms with Crippen molar-refractivity contribution in [1.82, 2.24) is 14.3 Å². The van der Waals surface area contributed by atoms with Crippen LogP contribution in [-0.2, 0) is 11.2 Å². The molecule has 0 aliphatic rings. The molecule has 8 nitrogen and oxygen atoms in total. The summed E-state index contributed by atoms with van der Waals surface area (Å²) in [5.41, 5.74) is 2.77. The van der Waals surface area contributed by atoms with Gasteiger partial charge < -0.3 is 19.9 Å². The number of likely N-dealkylation sites (N-methyl/N-ethyl adjacent to an activating group) is 2. The maximum atomic E-state index is 12.9. The van der Waals surface area contributed by atoms with E-state index < -0.39 is 0 Å². The molecule has 0 saturated carbocycles. The number of anilines is 2. The maximum absolute atomic E-state index is 12.9. The second kappa shape index (κ2) is 9.51. The van der Waals surface area contributed by atoms with E-state index in [-0.39, 0.29) is 18.4 Å². The lowest BCUT2D eigenvalue weighted by Gasteiger charge is -2.24. The number of hydrogen-bond acceptors (Lipinski definition) is 5. The largest absolute Gasteiger partial charge is 0.497 e. The molecule has 164 valence electrons. The fourth-order valence-electron chi connectivity index (χ4n) is 3.33. The lowest BCUT2D eigenvalue weighted by Crippen LogP contribution is -2.37. The summed E-state index contributed by atoms with van der Waals surface area (Å²) >= 11 is 0. The quantitative estimate of drug-likeness (QED) is 0.602. The van der Waals surface area contributed by atoms with Crippen molar-refractivity contribution in [2.45, 2.75) is 20.3 Å². The van der Waals surface area contributed by atoms with Crippen LogP contribution in [0.3, 0.4) is 0 Å². The highest BCUT2D eigenvalue weighted by Gasteiger charge is 2.21. The summed E-state index contributed by atoms with van der Waals surface area (Å²) in [6.45, 7) is 4.91. The normalized spacial score (nSPS) is 10.7. The maximum Gasteiger partial charge on any atom is 0.257 e. The zero-order chi connectivity index (χ0) is 22.5. The van der Waals surface area contributed by atoms with Gasteiger partial charge in [-0.1, -0.05) is 13.0 Å². The number of amides is 2. The second-order valence-corrected chi connectivity index (χ2v) is 7.37. The minimum atomic E-state index is -0.236. The van der Waals surface area contributed by atoms with Gasteiger partial charge in [-0.3, -0.25) is 14.0 Å². The molecule has 0 fully saturated rings. The van der Waals surface area contributed by atoms with E-state index in [0.29, 0.717) is 23.5 Å². The third-order valence-electron chi connectivity index (χ3n) is 5.09. The van der Waals surface area contributed by atoms with Crippen LogP contribution >= 0.6 is 0 Å². The minimum Gasteiger partial charge on any atom is -0.497 e. The Morgan fingerprint density at radius 1 is 1.16 bits per heavy atom. The molecule has 8 heteroatoms. The molecular formula is C23H29N5O3. The van der Waals surface area contributed by atoms with E-state index >= 15 is 0 Å². The number of hydrogen-bond donors (Lipinski definition) is 1. The number of carbonyl (C=O) groups excluding carboxylic acids is 2. The number of imidazole rings is 1. The molecule has 0 saturated heterocycles. The lowest BCUT2D eigenvalue weighted by molar-refractivity contribution is -0.127. The van der Waals surface area contributed by atoms with E-state index in [2.05, 4.69) is 5.32 Å². The van der Waals surface area contributed by atoms with Gasteiger partial charge in [0, 0.05) is 38.6 Å². The van der Waals surface area contributed by atoms with Gasteiger partial charge in [0.2, 0.25) is 5.91 Å². The molecule has 0 bridgehead atoms. The smallest absolute Gasteiger partial charge is 0.257 e. The topological polar surface area (TPSA) is 79.2 Å². The van der Waals surface area contributed by atoms with E-state index in [1.54, 1.807) is 44.4 Å². The number of ether oxygens (including phenoxy) is 1. The first-order chi connectivity index (χ1) is 14.9. The third kappa shape index (κ3) is 4.79. The van der Waals surface area contributed by atoms with Crippen LogP contribution in [0.5, 0.6) is 5.75 Å². The van der Waals surface area contributed by atoms with Gasteiger partial charge in [0.25, 0.3) is 5.91 Å². The van der Waals surface area contributed by atoms with Gasteiger partial charge in [-0.15, -0.1) is 0 Å². The number of rotatable bonds is 8. The standard InChI is InChI=1S/C23H29N5O3/c1-6-19-23(27(7-2)15-21(29)26(3)4)28-14-16(11-12-20(28)25-19)22(30)24-17-9-8-10-18(13-17)31-5/h8-14H,6-7,15H2,1-5H3,(H,24,30). The molecule has 2 heterocycles. The fraction of sp³-hybridized carbons (Fsp3) is 0.348. The zero-order valence-corrected chi connectivity index (χ0v) is 18.7. The molecule has 3 rings (SSSR count). The van der Waals surface area contributed by atoms with Crippen molar-refractivity contribution in [2.75, 3.05) is 44.5 Å². The number of carbonyl (C=O) groups is 2. The molecule has 0 aliphatic heterocycles. The van der Waals surface area contributed by atoms with Crippen LogP contribution in [0, 0.1) is 0 Å². The van der Waals surface area contributed by atoms with Gasteiger partial charge in [-0.05, 0) is 37.6 Å². The van der Waals surface area contributed by atoms with Crippen molar-refractivity contribution >= 4 is 29.0 Å². The van der Waals surface area contributed by atoms with Crippen LogP contribution in [0.25, 0.3) is 5.65 Å². The number of pyridine rings is 1. The van der Waals surface area contributed by atoms with Crippen molar-refractivity contribution in [3.05, 3.63) is 53.9 Å². The van der Waals surface area contributed by atoms with Gasteiger partial charge in [0.05, 0.1) is 24.9 Å². The summed E-state index contributed by atoms with van der Waals surface area (Å²) in [5.74, 6) is 1.28. The molecule has 1 aromatic carbocycles. The molecule has 0 atom stereocenters. The lowest BCUT2D eigenvalue weighted by atomic mass is 10.2. The van der Waals surface area contributed by atoms with Crippen LogP contribution in [0.15, 0.2) is 42.6 Å². The van der Waals surface area contributed by atoms with Crippen LogP contribution in [0.2, 0.25) is 0 Å². The van der Waals surface area contributed by atoms with Gasteiger partial charge in [-0.2, -0.15) is 0 Å². The van der Waals surface area contributed by atoms with E-state index in [1.165, 1.54) is 0 Å². The Balaban J connectivity index is 1.97. The number of methoxy groups -OCH3 is 1. The summed E-state index contributed by atoms with van der Waals surface area (Å²) in [4.78, 5) is 33.5. The average molecular weight is 424 g/mol. The zero-order valence-electron chi connectivity index (χ0n) is 18.7. The first kappa shape index (κ1) is 22.1. The van der Waals surface area contributed by atoms with Crippen LogP contribution < -0.4 is 15.0 Å². The molecule has 2 amide bonds. The highest BCUT2D eigenvalue weighted by atomic mass is 16.5. The highest BCUT2D eigenvalue weighted by Crippen LogP contribution is 2.25. The fourth-order valence-corrected chi connectivity index (χ4v) is 3.33. The van der Waals surface area contributed by atoms with Gasteiger partial charge >= 0.3 is 0 Å². The highest BCUT2D eigenvalue weighted by molar-refractivity contribution is 6.04. The Bertz CT molecular complexity index is 1090. The first-order valence-electron chi connectivity index (χ1n) is 10.3. The summed E-state index contributed by atoms with van der Waals surface area (Å²) in [6.07, 6.45) is 2.49. The SMILES string of the molecule is CCc1nc2ccc(C(=O)Nc3cccc(OC)c3)cn2c1N(CC)CC(=O)N(C)C. The monoisotopic (exact) mass is 423 g/mol. The van der Waals surface area contributed by atoms with Gasteiger partial charge in [-0.25, -0.2) is 4.98 Å². The summed E-state index contributed by atoms with van der Waals surface area (Å²) in [7, 11) is 5.07.